The van der Waals surface area contributed by atoms with Gasteiger partial charge in [0.15, 0.2) is 0 Å². The van der Waals surface area contributed by atoms with Crippen LogP contribution in [0.1, 0.15) is 28.4 Å². The summed E-state index contributed by atoms with van der Waals surface area (Å²) in [5.41, 5.74) is 4.41. The normalized spacial score (nSPS) is 12.5. The molecule has 0 aliphatic carbocycles. The Balaban J connectivity index is 2.22. The molecule has 0 aliphatic rings. The molecule has 19 heavy (non-hydrogen) atoms. The molecule has 2 aromatic rings. The van der Waals surface area contributed by atoms with Crippen LogP contribution in [0.4, 0.5) is 0 Å². The van der Waals surface area contributed by atoms with E-state index < -0.39 is 6.10 Å². The first kappa shape index (κ1) is 14.6. The molecule has 0 spiro atoms. The molecule has 0 amide bonds. The maximum Gasteiger partial charge on any atom is 0.0831 e. The van der Waals surface area contributed by atoms with E-state index in [0.717, 1.165) is 15.6 Å². The highest BCUT2D eigenvalue weighted by Crippen LogP contribution is 2.26. The summed E-state index contributed by atoms with van der Waals surface area (Å²) in [5.74, 6) is 0. The van der Waals surface area contributed by atoms with Crippen LogP contribution in [0.3, 0.4) is 0 Å². The predicted octanol–water partition coefficient (Wildman–Crippen LogP) is 5.00. The van der Waals surface area contributed by atoms with Crippen LogP contribution < -0.4 is 0 Å². The number of hydrogen-bond donors (Lipinski definition) is 1. The van der Waals surface area contributed by atoms with E-state index >= 15 is 0 Å². The standard InChI is InChI=1S/C16H16BrClO/c1-10-3-11(2)5-12(4-10)6-16(19)13-7-14(17)9-15(18)8-13/h3-5,7-9,16,19H,6H2,1-2H3. The third-order valence-corrected chi connectivity index (χ3v) is 3.66. The molecule has 2 aromatic carbocycles. The quantitative estimate of drug-likeness (QED) is 0.834. The zero-order valence-electron chi connectivity index (χ0n) is 11.0. The summed E-state index contributed by atoms with van der Waals surface area (Å²) in [5, 5.41) is 11.0. The summed E-state index contributed by atoms with van der Waals surface area (Å²) < 4.78 is 0.884. The molecule has 1 unspecified atom stereocenters. The third-order valence-electron chi connectivity index (χ3n) is 2.98. The fourth-order valence-corrected chi connectivity index (χ4v) is 3.18. The molecule has 1 N–H and O–H groups in total. The van der Waals surface area contributed by atoms with Crippen molar-refractivity contribution < 1.29 is 5.11 Å². The maximum absolute atomic E-state index is 10.3. The third kappa shape index (κ3) is 4.07. The highest BCUT2D eigenvalue weighted by atomic mass is 79.9. The smallest absolute Gasteiger partial charge is 0.0831 e. The molecule has 0 aliphatic heterocycles. The van der Waals surface area contributed by atoms with E-state index in [-0.39, 0.29) is 0 Å². The van der Waals surface area contributed by atoms with Gasteiger partial charge in [-0.15, -0.1) is 0 Å². The van der Waals surface area contributed by atoms with Crippen molar-refractivity contribution >= 4 is 27.5 Å². The average molecular weight is 340 g/mol. The lowest BCUT2D eigenvalue weighted by molar-refractivity contribution is 0.178. The first-order valence-corrected chi connectivity index (χ1v) is 7.32. The molecular weight excluding hydrogens is 324 g/mol. The minimum absolute atomic E-state index is 0.545. The van der Waals surface area contributed by atoms with Gasteiger partial charge in [0.05, 0.1) is 6.10 Å². The molecule has 0 fully saturated rings. The molecule has 100 valence electrons. The molecule has 0 saturated carbocycles. The molecule has 0 aromatic heterocycles. The topological polar surface area (TPSA) is 20.2 Å². The van der Waals surface area contributed by atoms with Crippen molar-refractivity contribution in [2.75, 3.05) is 0 Å². The molecule has 2 rings (SSSR count). The average Bonchev–Trinajstić information content (AvgIpc) is 2.25. The zero-order chi connectivity index (χ0) is 14.0. The van der Waals surface area contributed by atoms with Crippen LogP contribution in [0.2, 0.25) is 5.02 Å². The molecule has 0 saturated heterocycles. The largest absolute Gasteiger partial charge is 0.388 e. The van der Waals surface area contributed by atoms with E-state index in [4.69, 9.17) is 11.6 Å². The summed E-state index contributed by atoms with van der Waals surface area (Å²) in [6, 6.07) is 11.9. The SMILES string of the molecule is Cc1cc(C)cc(CC(O)c2cc(Cl)cc(Br)c2)c1. The Morgan fingerprint density at radius 1 is 1.05 bits per heavy atom. The van der Waals surface area contributed by atoms with Gasteiger partial charge in [0, 0.05) is 15.9 Å². The van der Waals surface area contributed by atoms with Crippen molar-refractivity contribution in [2.45, 2.75) is 26.4 Å². The Hall–Kier alpha value is -0.830. The summed E-state index contributed by atoms with van der Waals surface area (Å²) in [4.78, 5) is 0. The van der Waals surface area contributed by atoms with Crippen LogP contribution >= 0.6 is 27.5 Å². The van der Waals surface area contributed by atoms with Gasteiger partial charge in [0.1, 0.15) is 0 Å². The van der Waals surface area contributed by atoms with Gasteiger partial charge in [-0.2, -0.15) is 0 Å². The number of rotatable bonds is 3. The van der Waals surface area contributed by atoms with E-state index in [0.29, 0.717) is 11.4 Å². The van der Waals surface area contributed by atoms with E-state index in [1.807, 2.05) is 12.1 Å². The Bertz CT molecular complexity index is 555. The fourth-order valence-electron chi connectivity index (χ4n) is 2.30. The molecule has 0 heterocycles. The Morgan fingerprint density at radius 2 is 1.68 bits per heavy atom. The van der Waals surface area contributed by atoms with Crippen molar-refractivity contribution in [3.8, 4) is 0 Å². The van der Waals surface area contributed by atoms with Crippen LogP contribution in [-0.4, -0.2) is 5.11 Å². The van der Waals surface area contributed by atoms with Crippen molar-refractivity contribution in [3.05, 3.63) is 68.1 Å². The summed E-state index contributed by atoms with van der Waals surface area (Å²) in [6.45, 7) is 4.14. The minimum Gasteiger partial charge on any atom is -0.388 e. The fraction of sp³-hybridized carbons (Fsp3) is 0.250. The van der Waals surface area contributed by atoms with E-state index in [1.54, 1.807) is 6.07 Å². The van der Waals surface area contributed by atoms with Crippen LogP contribution in [0.25, 0.3) is 0 Å². The molecule has 0 bridgehead atoms. The highest BCUT2D eigenvalue weighted by Gasteiger charge is 2.11. The van der Waals surface area contributed by atoms with Crippen molar-refractivity contribution in [1.29, 1.82) is 0 Å². The van der Waals surface area contributed by atoms with Gasteiger partial charge in [-0.25, -0.2) is 0 Å². The van der Waals surface area contributed by atoms with Crippen LogP contribution in [0, 0.1) is 13.8 Å². The molecule has 3 heteroatoms. The minimum atomic E-state index is -0.545. The number of benzene rings is 2. The Morgan fingerprint density at radius 3 is 2.26 bits per heavy atom. The Kier molecular flexibility index (Phi) is 4.67. The lowest BCUT2D eigenvalue weighted by Gasteiger charge is -2.13. The molecular formula is C16H16BrClO. The van der Waals surface area contributed by atoms with Crippen molar-refractivity contribution in [3.63, 3.8) is 0 Å². The number of aliphatic hydroxyl groups is 1. The second-order valence-corrected chi connectivity index (χ2v) is 6.27. The van der Waals surface area contributed by atoms with Gasteiger partial charge < -0.3 is 5.11 Å². The van der Waals surface area contributed by atoms with Gasteiger partial charge in [-0.1, -0.05) is 56.9 Å². The monoisotopic (exact) mass is 338 g/mol. The molecule has 1 nitrogen and oxygen atoms in total. The molecule has 1 atom stereocenters. The van der Waals surface area contributed by atoms with Gasteiger partial charge in [0.25, 0.3) is 0 Å². The van der Waals surface area contributed by atoms with E-state index in [9.17, 15) is 5.11 Å². The first-order chi connectivity index (χ1) is 8.94. The predicted molar refractivity (Wildman–Crippen MR) is 83.7 cm³/mol. The Labute approximate surface area is 127 Å². The lowest BCUT2D eigenvalue weighted by atomic mass is 9.98. The zero-order valence-corrected chi connectivity index (χ0v) is 13.3. The summed E-state index contributed by atoms with van der Waals surface area (Å²) in [6.07, 6.45) is 0.0474. The van der Waals surface area contributed by atoms with Crippen LogP contribution in [-0.2, 0) is 6.42 Å². The summed E-state index contributed by atoms with van der Waals surface area (Å²) >= 11 is 9.40. The summed E-state index contributed by atoms with van der Waals surface area (Å²) in [7, 11) is 0. The van der Waals surface area contributed by atoms with Crippen molar-refractivity contribution in [1.82, 2.24) is 0 Å². The van der Waals surface area contributed by atoms with Gasteiger partial charge in [-0.05, 0) is 43.2 Å². The second kappa shape index (κ2) is 6.08. The first-order valence-electron chi connectivity index (χ1n) is 6.15. The lowest BCUT2D eigenvalue weighted by Crippen LogP contribution is -2.02. The van der Waals surface area contributed by atoms with E-state index in [1.165, 1.54) is 11.1 Å². The van der Waals surface area contributed by atoms with Crippen LogP contribution in [0.5, 0.6) is 0 Å². The maximum atomic E-state index is 10.3. The number of hydrogen-bond acceptors (Lipinski definition) is 1. The van der Waals surface area contributed by atoms with Crippen LogP contribution in [0.15, 0.2) is 40.9 Å². The van der Waals surface area contributed by atoms with Crippen molar-refractivity contribution in [2.24, 2.45) is 0 Å². The number of halogens is 2. The number of aryl methyl sites for hydroxylation is 2. The van der Waals surface area contributed by atoms with E-state index in [2.05, 4.69) is 48.0 Å². The van der Waals surface area contributed by atoms with Gasteiger partial charge in [0.2, 0.25) is 0 Å². The second-order valence-electron chi connectivity index (χ2n) is 4.92. The van der Waals surface area contributed by atoms with Gasteiger partial charge in [-0.3, -0.25) is 0 Å². The number of aliphatic hydroxyl groups excluding tert-OH is 1. The molecule has 0 radical (unpaired) electrons. The highest BCUT2D eigenvalue weighted by molar-refractivity contribution is 9.10. The van der Waals surface area contributed by atoms with Gasteiger partial charge >= 0.3 is 0 Å².